The number of carbonyl (C=O) groups is 1. The molecule has 2 aromatic carbocycles. The molecule has 0 saturated heterocycles. The first kappa shape index (κ1) is 23.2. The van der Waals surface area contributed by atoms with Gasteiger partial charge in [-0.2, -0.15) is 5.10 Å². The molecule has 5 rings (SSSR count). The minimum absolute atomic E-state index is 0.226. The average molecular weight is 479 g/mol. The third-order valence-corrected chi connectivity index (χ3v) is 5.86. The normalized spacial score (nSPS) is 10.9. The second-order valence-electron chi connectivity index (χ2n) is 8.19. The fourth-order valence-corrected chi connectivity index (χ4v) is 4.09. The summed E-state index contributed by atoms with van der Waals surface area (Å²) in [5, 5.41) is 5.53. The highest BCUT2D eigenvalue weighted by atomic mass is 16.5. The zero-order valence-corrected chi connectivity index (χ0v) is 20.2. The summed E-state index contributed by atoms with van der Waals surface area (Å²) in [5.74, 6) is 0.338. The van der Waals surface area contributed by atoms with Crippen molar-refractivity contribution in [3.05, 3.63) is 96.6 Å². The van der Waals surface area contributed by atoms with Crippen LogP contribution in [0.25, 0.3) is 33.3 Å². The Morgan fingerprint density at radius 2 is 1.72 bits per heavy atom. The van der Waals surface area contributed by atoms with Crippen molar-refractivity contribution in [3.63, 3.8) is 0 Å². The molecule has 36 heavy (non-hydrogen) atoms. The van der Waals surface area contributed by atoms with E-state index in [0.717, 1.165) is 39.8 Å². The lowest BCUT2D eigenvalue weighted by Gasteiger charge is -2.11. The van der Waals surface area contributed by atoms with Crippen LogP contribution in [0.5, 0.6) is 5.75 Å². The van der Waals surface area contributed by atoms with E-state index in [-0.39, 0.29) is 12.6 Å². The van der Waals surface area contributed by atoms with Crippen LogP contribution in [-0.2, 0) is 17.9 Å². The van der Waals surface area contributed by atoms with Gasteiger partial charge >= 0.3 is 5.97 Å². The van der Waals surface area contributed by atoms with Gasteiger partial charge in [-0.25, -0.2) is 9.78 Å². The van der Waals surface area contributed by atoms with Crippen molar-refractivity contribution in [1.29, 1.82) is 0 Å². The SMILES string of the molecule is CCOC(=O)c1cc(COc2ccc(-c3nn(CC)cc3-c3ccncc3)cc2)nc2ccccc12. The highest BCUT2D eigenvalue weighted by Gasteiger charge is 2.15. The van der Waals surface area contributed by atoms with Crippen LogP contribution in [-0.4, -0.2) is 32.3 Å². The van der Waals surface area contributed by atoms with Gasteiger partial charge in [-0.15, -0.1) is 0 Å². The molecule has 0 fully saturated rings. The molecule has 0 aliphatic heterocycles. The van der Waals surface area contributed by atoms with E-state index in [0.29, 0.717) is 23.6 Å². The molecular weight excluding hydrogens is 452 g/mol. The highest BCUT2D eigenvalue weighted by molar-refractivity contribution is 6.03. The summed E-state index contributed by atoms with van der Waals surface area (Å²) in [7, 11) is 0. The number of pyridine rings is 2. The van der Waals surface area contributed by atoms with Crippen molar-refractivity contribution < 1.29 is 14.3 Å². The van der Waals surface area contributed by atoms with E-state index in [2.05, 4.69) is 23.1 Å². The Labute approximate surface area is 209 Å². The quantitative estimate of drug-likeness (QED) is 0.257. The number of hydrogen-bond donors (Lipinski definition) is 0. The number of esters is 1. The van der Waals surface area contributed by atoms with Crippen LogP contribution in [0.3, 0.4) is 0 Å². The summed E-state index contributed by atoms with van der Waals surface area (Å²) in [6.07, 6.45) is 5.63. The van der Waals surface area contributed by atoms with Gasteiger partial charge in [-0.05, 0) is 67.9 Å². The lowest BCUT2D eigenvalue weighted by Crippen LogP contribution is -2.08. The molecule has 0 aliphatic carbocycles. The summed E-state index contributed by atoms with van der Waals surface area (Å²) in [4.78, 5) is 21.3. The van der Waals surface area contributed by atoms with Crippen molar-refractivity contribution >= 4 is 16.9 Å². The van der Waals surface area contributed by atoms with Gasteiger partial charge in [-0.1, -0.05) is 18.2 Å². The first-order valence-electron chi connectivity index (χ1n) is 11.9. The van der Waals surface area contributed by atoms with Crippen LogP contribution < -0.4 is 4.74 Å². The molecular formula is C29H26N4O3. The molecule has 0 N–H and O–H groups in total. The van der Waals surface area contributed by atoms with E-state index in [1.807, 2.05) is 65.3 Å². The number of aromatic nitrogens is 4. The van der Waals surface area contributed by atoms with Crippen molar-refractivity contribution in [2.24, 2.45) is 0 Å². The van der Waals surface area contributed by atoms with Crippen molar-refractivity contribution in [2.45, 2.75) is 27.0 Å². The van der Waals surface area contributed by atoms with Crippen LogP contribution in [0.2, 0.25) is 0 Å². The molecule has 5 aromatic rings. The van der Waals surface area contributed by atoms with Crippen molar-refractivity contribution in [1.82, 2.24) is 19.7 Å². The Kier molecular flexibility index (Phi) is 6.71. The maximum absolute atomic E-state index is 12.5. The molecule has 0 bridgehead atoms. The Morgan fingerprint density at radius 3 is 2.47 bits per heavy atom. The Bertz CT molecular complexity index is 1490. The summed E-state index contributed by atoms with van der Waals surface area (Å²) in [6.45, 7) is 5.18. The predicted molar refractivity (Wildman–Crippen MR) is 139 cm³/mol. The van der Waals surface area contributed by atoms with E-state index in [1.54, 1.807) is 25.4 Å². The first-order chi connectivity index (χ1) is 17.7. The van der Waals surface area contributed by atoms with Gasteiger partial charge in [0, 0.05) is 41.6 Å². The van der Waals surface area contributed by atoms with E-state index >= 15 is 0 Å². The Morgan fingerprint density at radius 1 is 0.944 bits per heavy atom. The van der Waals surface area contributed by atoms with Crippen LogP contribution in [0, 0.1) is 0 Å². The maximum Gasteiger partial charge on any atom is 0.338 e. The molecule has 7 heteroatoms. The monoisotopic (exact) mass is 478 g/mol. The number of nitrogens with zero attached hydrogens (tertiary/aromatic N) is 4. The molecule has 0 unspecified atom stereocenters. The summed E-state index contributed by atoms with van der Waals surface area (Å²) in [6, 6.07) is 21.1. The minimum atomic E-state index is -0.363. The first-order valence-corrected chi connectivity index (χ1v) is 11.9. The van der Waals surface area contributed by atoms with E-state index in [1.165, 1.54) is 0 Å². The number of fused-ring (bicyclic) bond motifs is 1. The van der Waals surface area contributed by atoms with Crippen LogP contribution >= 0.6 is 0 Å². The van der Waals surface area contributed by atoms with Gasteiger partial charge in [0.25, 0.3) is 0 Å². The van der Waals surface area contributed by atoms with Crippen LogP contribution in [0.4, 0.5) is 0 Å². The molecule has 180 valence electrons. The lowest BCUT2D eigenvalue weighted by molar-refractivity contribution is 0.0528. The fourth-order valence-electron chi connectivity index (χ4n) is 4.09. The maximum atomic E-state index is 12.5. The van der Waals surface area contributed by atoms with Gasteiger partial charge in [0.1, 0.15) is 18.1 Å². The van der Waals surface area contributed by atoms with Gasteiger partial charge in [-0.3, -0.25) is 9.67 Å². The molecule has 0 radical (unpaired) electrons. The predicted octanol–water partition coefficient (Wildman–Crippen LogP) is 5.94. The largest absolute Gasteiger partial charge is 0.487 e. The zero-order valence-electron chi connectivity index (χ0n) is 20.2. The van der Waals surface area contributed by atoms with Gasteiger partial charge in [0.05, 0.1) is 23.4 Å². The lowest BCUT2D eigenvalue weighted by atomic mass is 10.0. The van der Waals surface area contributed by atoms with E-state index in [4.69, 9.17) is 14.6 Å². The van der Waals surface area contributed by atoms with Crippen molar-refractivity contribution in [2.75, 3.05) is 6.61 Å². The highest BCUT2D eigenvalue weighted by Crippen LogP contribution is 2.32. The number of carbonyl (C=O) groups excluding carboxylic acids is 1. The van der Waals surface area contributed by atoms with Crippen molar-refractivity contribution in [3.8, 4) is 28.1 Å². The van der Waals surface area contributed by atoms with E-state index < -0.39 is 0 Å². The van der Waals surface area contributed by atoms with Crippen LogP contribution in [0.15, 0.2) is 85.3 Å². The molecule has 0 saturated carbocycles. The number of ether oxygens (including phenoxy) is 2. The van der Waals surface area contributed by atoms with Gasteiger partial charge in [0.2, 0.25) is 0 Å². The standard InChI is InChI=1S/C29H26N4O3/c1-3-33-18-26(20-13-15-30-16-14-20)28(32-33)21-9-11-23(12-10-21)36-19-22-17-25(29(34)35-4-2)24-7-5-6-8-27(24)31-22/h5-18H,3-4,19H2,1-2H3. The van der Waals surface area contributed by atoms with E-state index in [9.17, 15) is 4.79 Å². The zero-order chi connectivity index (χ0) is 24.9. The third kappa shape index (κ3) is 4.81. The average Bonchev–Trinajstić information content (AvgIpc) is 3.37. The molecule has 7 nitrogen and oxygen atoms in total. The molecule has 3 heterocycles. The van der Waals surface area contributed by atoms with Gasteiger partial charge < -0.3 is 9.47 Å². The smallest absolute Gasteiger partial charge is 0.338 e. The second kappa shape index (κ2) is 10.4. The summed E-state index contributed by atoms with van der Waals surface area (Å²) >= 11 is 0. The Hall–Kier alpha value is -4.52. The summed E-state index contributed by atoms with van der Waals surface area (Å²) < 4.78 is 13.2. The number of aryl methyl sites for hydroxylation is 1. The minimum Gasteiger partial charge on any atom is -0.487 e. The molecule has 3 aromatic heterocycles. The van der Waals surface area contributed by atoms with Crippen LogP contribution in [0.1, 0.15) is 29.9 Å². The molecule has 0 spiro atoms. The molecule has 0 aliphatic rings. The van der Waals surface area contributed by atoms with Gasteiger partial charge in [0.15, 0.2) is 0 Å². The second-order valence-corrected chi connectivity index (χ2v) is 8.19. The topological polar surface area (TPSA) is 79.1 Å². The number of hydrogen-bond acceptors (Lipinski definition) is 6. The molecule has 0 atom stereocenters. The fraction of sp³-hybridized carbons (Fsp3) is 0.172. The summed E-state index contributed by atoms with van der Waals surface area (Å²) in [5.41, 5.74) is 5.90. The number of benzene rings is 2. The third-order valence-electron chi connectivity index (χ3n) is 5.86. The molecule has 0 amide bonds. The number of rotatable bonds is 8. The Balaban J connectivity index is 1.38. The number of para-hydroxylation sites is 1.